The Labute approximate surface area is 135 Å². The summed E-state index contributed by atoms with van der Waals surface area (Å²) in [6, 6.07) is 4.39. The molecule has 0 spiro atoms. The van der Waals surface area contributed by atoms with Crippen LogP contribution in [-0.4, -0.2) is 30.1 Å². The van der Waals surface area contributed by atoms with Crippen molar-refractivity contribution >= 4 is 34.9 Å². The van der Waals surface area contributed by atoms with Gasteiger partial charge in [0.1, 0.15) is 5.76 Å². The molecule has 0 saturated carbocycles. The predicted octanol–water partition coefficient (Wildman–Crippen LogP) is 1.40. The molecule has 0 aliphatic carbocycles. The van der Waals surface area contributed by atoms with E-state index in [1.54, 1.807) is 19.1 Å². The molecule has 0 aromatic carbocycles. The van der Waals surface area contributed by atoms with Crippen molar-refractivity contribution in [2.75, 3.05) is 12.4 Å². The molecule has 9 heteroatoms. The van der Waals surface area contributed by atoms with Crippen molar-refractivity contribution in [2.24, 2.45) is 0 Å². The van der Waals surface area contributed by atoms with Crippen molar-refractivity contribution in [2.45, 2.75) is 19.4 Å². The van der Waals surface area contributed by atoms with Crippen LogP contribution in [0.3, 0.4) is 0 Å². The molecule has 0 aliphatic heterocycles. The molecule has 23 heavy (non-hydrogen) atoms. The molecule has 8 nitrogen and oxygen atoms in total. The highest BCUT2D eigenvalue weighted by atomic mass is 32.1. The van der Waals surface area contributed by atoms with Crippen molar-refractivity contribution in [3.05, 3.63) is 34.2 Å². The average molecular weight is 337 g/mol. The Kier molecular flexibility index (Phi) is 5.47. The fraction of sp³-hybridized carbons (Fsp3) is 0.286. The molecule has 122 valence electrons. The number of hydrogen-bond acceptors (Lipinski definition) is 7. The van der Waals surface area contributed by atoms with E-state index >= 15 is 0 Å². The first kappa shape index (κ1) is 16.7. The zero-order valence-corrected chi connectivity index (χ0v) is 13.3. The van der Waals surface area contributed by atoms with E-state index in [4.69, 9.17) is 4.52 Å². The number of nitrogens with one attached hydrogen (secondary N) is 2. The number of hydrogen-bond donors (Lipinski definition) is 2. The van der Waals surface area contributed by atoms with Crippen LogP contribution in [0.2, 0.25) is 0 Å². The molecular formula is C14H15N3O5S. The van der Waals surface area contributed by atoms with Gasteiger partial charge in [-0.1, -0.05) is 11.2 Å². The van der Waals surface area contributed by atoms with Gasteiger partial charge in [0.25, 0.3) is 0 Å². The molecule has 0 saturated heterocycles. The SMILES string of the molecule is COC(=O)C[C@@H](NC(=O)C(=O)Nc1cc(C)on1)c1cccs1. The zero-order chi connectivity index (χ0) is 16.8. The predicted molar refractivity (Wildman–Crippen MR) is 81.7 cm³/mol. The van der Waals surface area contributed by atoms with Crippen LogP contribution < -0.4 is 10.6 Å². The second-order valence-corrected chi connectivity index (χ2v) is 5.58. The van der Waals surface area contributed by atoms with E-state index in [0.29, 0.717) is 5.76 Å². The summed E-state index contributed by atoms with van der Waals surface area (Å²) in [5.74, 6) is -1.62. The summed E-state index contributed by atoms with van der Waals surface area (Å²) in [5, 5.41) is 10.2. The minimum atomic E-state index is -0.898. The maximum atomic E-state index is 12.0. The standard InChI is InChI=1S/C14H15N3O5S/c1-8-6-11(17-22-8)16-14(20)13(19)15-9(7-12(18)21-2)10-4-3-5-23-10/h3-6,9H,7H2,1-2H3,(H,15,19)(H,16,17,20)/t9-/m1/s1. The summed E-state index contributed by atoms with van der Waals surface area (Å²) in [5.41, 5.74) is 0. The summed E-state index contributed by atoms with van der Waals surface area (Å²) in [6.07, 6.45) is -0.0703. The smallest absolute Gasteiger partial charge is 0.314 e. The monoisotopic (exact) mass is 337 g/mol. The number of carbonyl (C=O) groups is 3. The van der Waals surface area contributed by atoms with Crippen molar-refractivity contribution in [3.63, 3.8) is 0 Å². The van der Waals surface area contributed by atoms with Gasteiger partial charge in [0.15, 0.2) is 5.82 Å². The maximum absolute atomic E-state index is 12.0. The third-order valence-corrected chi connectivity index (χ3v) is 3.85. The number of amides is 2. The molecule has 2 N–H and O–H groups in total. The van der Waals surface area contributed by atoms with E-state index in [2.05, 4.69) is 20.5 Å². The van der Waals surface area contributed by atoms with Gasteiger partial charge in [-0.25, -0.2) is 0 Å². The third-order valence-electron chi connectivity index (χ3n) is 2.87. The number of methoxy groups -OCH3 is 1. The van der Waals surface area contributed by atoms with Gasteiger partial charge < -0.3 is 14.6 Å². The Morgan fingerprint density at radius 1 is 1.39 bits per heavy atom. The highest BCUT2D eigenvalue weighted by Gasteiger charge is 2.24. The lowest BCUT2D eigenvalue weighted by atomic mass is 10.1. The van der Waals surface area contributed by atoms with E-state index in [0.717, 1.165) is 4.88 Å². The molecular weight excluding hydrogens is 322 g/mol. The van der Waals surface area contributed by atoms with Crippen LogP contribution in [0.1, 0.15) is 23.1 Å². The fourth-order valence-electron chi connectivity index (χ4n) is 1.78. The number of nitrogens with zero attached hydrogens (tertiary/aromatic N) is 1. The van der Waals surface area contributed by atoms with E-state index in [1.807, 2.05) is 5.38 Å². The number of rotatable bonds is 5. The fourth-order valence-corrected chi connectivity index (χ4v) is 2.56. The van der Waals surface area contributed by atoms with E-state index in [9.17, 15) is 14.4 Å². The van der Waals surface area contributed by atoms with E-state index in [-0.39, 0.29) is 12.2 Å². The number of aromatic nitrogens is 1. The van der Waals surface area contributed by atoms with Gasteiger partial charge in [-0.3, -0.25) is 19.7 Å². The van der Waals surface area contributed by atoms with Gasteiger partial charge in [0.05, 0.1) is 19.6 Å². The average Bonchev–Trinajstić information content (AvgIpc) is 3.18. The number of aryl methyl sites for hydroxylation is 1. The number of ether oxygens (including phenoxy) is 1. The van der Waals surface area contributed by atoms with Crippen LogP contribution in [-0.2, 0) is 19.1 Å². The molecule has 2 amide bonds. The summed E-state index contributed by atoms with van der Waals surface area (Å²) < 4.78 is 9.41. The molecule has 0 bridgehead atoms. The second-order valence-electron chi connectivity index (χ2n) is 4.60. The molecule has 2 heterocycles. The van der Waals surface area contributed by atoms with E-state index in [1.165, 1.54) is 24.5 Å². The normalized spacial score (nSPS) is 11.6. The van der Waals surface area contributed by atoms with Gasteiger partial charge in [-0.05, 0) is 18.4 Å². The van der Waals surface area contributed by atoms with Crippen LogP contribution in [0.4, 0.5) is 5.82 Å². The lowest BCUT2D eigenvalue weighted by Crippen LogP contribution is -2.38. The lowest BCUT2D eigenvalue weighted by Gasteiger charge is -2.15. The van der Waals surface area contributed by atoms with E-state index < -0.39 is 23.8 Å². The number of anilines is 1. The Hall–Kier alpha value is -2.68. The lowest BCUT2D eigenvalue weighted by molar-refractivity contribution is -0.142. The highest BCUT2D eigenvalue weighted by molar-refractivity contribution is 7.10. The second kappa shape index (κ2) is 7.54. The summed E-state index contributed by atoms with van der Waals surface area (Å²) in [7, 11) is 1.26. The van der Waals surface area contributed by atoms with Gasteiger partial charge in [-0.2, -0.15) is 0 Å². The molecule has 1 atom stereocenters. The number of thiophene rings is 1. The molecule has 0 aliphatic rings. The van der Waals surface area contributed by atoms with Crippen LogP contribution in [0.15, 0.2) is 28.1 Å². The first-order valence-electron chi connectivity index (χ1n) is 6.65. The maximum Gasteiger partial charge on any atom is 0.314 e. The van der Waals surface area contributed by atoms with Crippen molar-refractivity contribution in [1.29, 1.82) is 0 Å². The summed E-state index contributed by atoms with van der Waals surface area (Å²) in [6.45, 7) is 1.66. The quantitative estimate of drug-likeness (QED) is 0.630. The van der Waals surface area contributed by atoms with Gasteiger partial charge in [-0.15, -0.1) is 11.3 Å². The Morgan fingerprint density at radius 2 is 2.17 bits per heavy atom. The summed E-state index contributed by atoms with van der Waals surface area (Å²) >= 11 is 1.36. The highest BCUT2D eigenvalue weighted by Crippen LogP contribution is 2.22. The van der Waals surface area contributed by atoms with Crippen molar-refractivity contribution in [3.8, 4) is 0 Å². The first-order chi connectivity index (χ1) is 11.0. The molecule has 0 radical (unpaired) electrons. The molecule has 2 aromatic rings. The topological polar surface area (TPSA) is 111 Å². The molecule has 2 rings (SSSR count). The van der Waals surface area contributed by atoms with Crippen molar-refractivity contribution in [1.82, 2.24) is 10.5 Å². The first-order valence-corrected chi connectivity index (χ1v) is 7.53. The minimum absolute atomic E-state index is 0.0703. The number of esters is 1. The zero-order valence-electron chi connectivity index (χ0n) is 12.5. The summed E-state index contributed by atoms with van der Waals surface area (Å²) in [4.78, 5) is 36.1. The Bertz CT molecular complexity index is 695. The Balaban J connectivity index is 2.01. The van der Waals surface area contributed by atoms with Gasteiger partial charge >= 0.3 is 17.8 Å². The van der Waals surface area contributed by atoms with Gasteiger partial charge in [0, 0.05) is 10.9 Å². The van der Waals surface area contributed by atoms with Crippen LogP contribution in [0.5, 0.6) is 0 Å². The molecule has 0 fully saturated rings. The molecule has 2 aromatic heterocycles. The largest absolute Gasteiger partial charge is 0.469 e. The third kappa shape index (κ3) is 4.65. The van der Waals surface area contributed by atoms with Crippen LogP contribution in [0.25, 0.3) is 0 Å². The van der Waals surface area contributed by atoms with Crippen LogP contribution in [0, 0.1) is 6.92 Å². The van der Waals surface area contributed by atoms with Gasteiger partial charge in [0.2, 0.25) is 0 Å². The molecule has 0 unspecified atom stereocenters. The minimum Gasteiger partial charge on any atom is -0.469 e. The van der Waals surface area contributed by atoms with Crippen molar-refractivity contribution < 1.29 is 23.6 Å². The van der Waals surface area contributed by atoms with Crippen LogP contribution >= 0.6 is 11.3 Å². The Morgan fingerprint density at radius 3 is 2.74 bits per heavy atom. The number of carbonyl (C=O) groups excluding carboxylic acids is 3.